The Morgan fingerprint density at radius 3 is 2.93 bits per heavy atom. The number of rotatable bonds is 2. The third-order valence-corrected chi connectivity index (χ3v) is 3.84. The average Bonchev–Trinajstić information content (AvgIpc) is 2.76. The first-order valence-corrected chi connectivity index (χ1v) is 5.57. The maximum absolute atomic E-state index is 11.4. The second-order valence-corrected chi connectivity index (χ2v) is 4.48. The van der Waals surface area contributed by atoms with Crippen molar-refractivity contribution in [2.24, 2.45) is 5.92 Å². The first-order valence-electron chi connectivity index (χ1n) is 5.57. The van der Waals surface area contributed by atoms with Crippen LogP contribution in [0.15, 0.2) is 0 Å². The van der Waals surface area contributed by atoms with Gasteiger partial charge in [-0.05, 0) is 38.6 Å². The number of ether oxygens (including phenoxy) is 1. The number of esters is 1. The van der Waals surface area contributed by atoms with E-state index in [4.69, 9.17) is 4.74 Å². The van der Waals surface area contributed by atoms with Gasteiger partial charge in [0.25, 0.3) is 0 Å². The molecule has 3 nitrogen and oxygen atoms in total. The van der Waals surface area contributed by atoms with Crippen LogP contribution in [0.5, 0.6) is 0 Å². The predicted molar refractivity (Wildman–Crippen MR) is 53.9 cm³/mol. The second kappa shape index (κ2) is 3.89. The molecule has 1 heterocycles. The average molecular weight is 197 g/mol. The highest BCUT2D eigenvalue weighted by molar-refractivity contribution is 5.75. The molecule has 14 heavy (non-hydrogen) atoms. The molecule has 3 heteroatoms. The highest BCUT2D eigenvalue weighted by Crippen LogP contribution is 2.38. The molecule has 2 aliphatic rings. The Hall–Kier alpha value is -0.570. The van der Waals surface area contributed by atoms with E-state index in [1.165, 1.54) is 32.8 Å². The Morgan fingerprint density at radius 1 is 1.43 bits per heavy atom. The first-order chi connectivity index (χ1) is 6.74. The van der Waals surface area contributed by atoms with Crippen molar-refractivity contribution in [3.05, 3.63) is 0 Å². The normalized spacial score (nSPS) is 34.1. The van der Waals surface area contributed by atoms with E-state index in [1.54, 1.807) is 0 Å². The summed E-state index contributed by atoms with van der Waals surface area (Å²) < 4.78 is 4.79. The van der Waals surface area contributed by atoms with Crippen LogP contribution in [0.2, 0.25) is 0 Å². The molecule has 1 saturated carbocycles. The lowest BCUT2D eigenvalue weighted by molar-refractivity contribution is -0.146. The van der Waals surface area contributed by atoms with Crippen molar-refractivity contribution < 1.29 is 9.53 Å². The molecule has 0 bridgehead atoms. The number of methoxy groups -OCH3 is 1. The molecular weight excluding hydrogens is 178 g/mol. The fraction of sp³-hybridized carbons (Fsp3) is 0.909. The van der Waals surface area contributed by atoms with Crippen LogP contribution >= 0.6 is 0 Å². The molecule has 2 rings (SSSR count). The first kappa shape index (κ1) is 9.97. The quantitative estimate of drug-likeness (QED) is 0.627. The molecule has 3 atom stereocenters. The van der Waals surface area contributed by atoms with Crippen molar-refractivity contribution >= 4 is 5.97 Å². The second-order valence-electron chi connectivity index (χ2n) is 4.48. The summed E-state index contributed by atoms with van der Waals surface area (Å²) in [5.74, 6) is 0.764. The topological polar surface area (TPSA) is 29.5 Å². The number of likely N-dealkylation sites (tertiary alicyclic amines) is 1. The lowest BCUT2D eigenvalue weighted by Crippen LogP contribution is -2.43. The number of carbonyl (C=O) groups is 1. The van der Waals surface area contributed by atoms with Gasteiger partial charge in [0.05, 0.1) is 7.11 Å². The van der Waals surface area contributed by atoms with Crippen molar-refractivity contribution in [2.75, 3.05) is 13.7 Å². The molecule has 0 amide bonds. The van der Waals surface area contributed by atoms with Gasteiger partial charge in [-0.1, -0.05) is 6.42 Å². The SMILES string of the molecule is COC(=O)[C@@H](C)N1CC[C@H]2CCC[C@H]21. The van der Waals surface area contributed by atoms with Crippen LogP contribution in [0.25, 0.3) is 0 Å². The smallest absolute Gasteiger partial charge is 0.322 e. The van der Waals surface area contributed by atoms with Gasteiger partial charge in [-0.25, -0.2) is 0 Å². The lowest BCUT2D eigenvalue weighted by atomic mass is 10.0. The zero-order valence-electron chi connectivity index (χ0n) is 9.03. The summed E-state index contributed by atoms with van der Waals surface area (Å²) in [6.07, 6.45) is 5.23. The largest absolute Gasteiger partial charge is 0.468 e. The summed E-state index contributed by atoms with van der Waals surface area (Å²) in [5.41, 5.74) is 0. The Bertz CT molecular complexity index is 229. The molecule has 1 saturated heterocycles. The summed E-state index contributed by atoms with van der Waals surface area (Å²) in [6, 6.07) is 0.609. The van der Waals surface area contributed by atoms with E-state index >= 15 is 0 Å². The van der Waals surface area contributed by atoms with E-state index < -0.39 is 0 Å². The number of hydrogen-bond donors (Lipinski definition) is 0. The molecule has 0 aromatic heterocycles. The minimum atomic E-state index is -0.0856. The Morgan fingerprint density at radius 2 is 2.21 bits per heavy atom. The Balaban J connectivity index is 2.01. The highest BCUT2D eigenvalue weighted by Gasteiger charge is 2.41. The van der Waals surface area contributed by atoms with Gasteiger partial charge in [-0.3, -0.25) is 9.69 Å². The van der Waals surface area contributed by atoms with E-state index in [9.17, 15) is 4.79 Å². The number of nitrogens with zero attached hydrogens (tertiary/aromatic N) is 1. The molecule has 0 aromatic carbocycles. The lowest BCUT2D eigenvalue weighted by Gasteiger charge is -2.28. The van der Waals surface area contributed by atoms with Gasteiger partial charge in [0.15, 0.2) is 0 Å². The van der Waals surface area contributed by atoms with E-state index in [2.05, 4.69) is 4.90 Å². The van der Waals surface area contributed by atoms with Gasteiger partial charge in [-0.2, -0.15) is 0 Å². The van der Waals surface area contributed by atoms with Crippen LogP contribution in [0, 0.1) is 5.92 Å². The standard InChI is InChI=1S/C11H19NO2/c1-8(11(13)14-2)12-7-6-9-4-3-5-10(9)12/h8-10H,3-7H2,1-2H3/t8-,9-,10-/m1/s1. The number of fused-ring (bicyclic) bond motifs is 1. The molecule has 0 aromatic rings. The fourth-order valence-corrected chi connectivity index (χ4v) is 3.06. The van der Waals surface area contributed by atoms with E-state index in [1.807, 2.05) is 6.92 Å². The molecule has 80 valence electrons. The molecule has 0 spiro atoms. The van der Waals surface area contributed by atoms with Crippen molar-refractivity contribution in [3.63, 3.8) is 0 Å². The van der Waals surface area contributed by atoms with Gasteiger partial charge in [0, 0.05) is 6.04 Å². The van der Waals surface area contributed by atoms with Gasteiger partial charge < -0.3 is 4.74 Å². The van der Waals surface area contributed by atoms with Crippen molar-refractivity contribution in [2.45, 2.75) is 44.7 Å². The highest BCUT2D eigenvalue weighted by atomic mass is 16.5. The van der Waals surface area contributed by atoms with Crippen LogP contribution in [0.4, 0.5) is 0 Å². The summed E-state index contributed by atoms with van der Waals surface area (Å²) in [6.45, 7) is 3.04. The number of carbonyl (C=O) groups excluding carboxylic acids is 1. The van der Waals surface area contributed by atoms with Crippen LogP contribution < -0.4 is 0 Å². The fourth-order valence-electron chi connectivity index (χ4n) is 3.06. The van der Waals surface area contributed by atoms with Gasteiger partial charge in [-0.15, -0.1) is 0 Å². The molecule has 0 N–H and O–H groups in total. The molecular formula is C11H19NO2. The van der Waals surface area contributed by atoms with Gasteiger partial charge >= 0.3 is 5.97 Å². The molecule has 1 aliphatic carbocycles. The third kappa shape index (κ3) is 1.54. The molecule has 1 aliphatic heterocycles. The van der Waals surface area contributed by atoms with Gasteiger partial charge in [0.2, 0.25) is 0 Å². The summed E-state index contributed by atoms with van der Waals surface area (Å²) >= 11 is 0. The molecule has 0 radical (unpaired) electrons. The van der Waals surface area contributed by atoms with Crippen LogP contribution in [-0.2, 0) is 9.53 Å². The van der Waals surface area contributed by atoms with E-state index in [-0.39, 0.29) is 12.0 Å². The van der Waals surface area contributed by atoms with Crippen LogP contribution in [0.3, 0.4) is 0 Å². The van der Waals surface area contributed by atoms with E-state index in [0.29, 0.717) is 6.04 Å². The minimum absolute atomic E-state index is 0.0481. The van der Waals surface area contributed by atoms with Gasteiger partial charge in [0.1, 0.15) is 6.04 Å². The summed E-state index contributed by atoms with van der Waals surface area (Å²) in [7, 11) is 1.47. The third-order valence-electron chi connectivity index (χ3n) is 3.84. The molecule has 2 fully saturated rings. The van der Waals surface area contributed by atoms with Crippen LogP contribution in [-0.4, -0.2) is 36.6 Å². The maximum atomic E-state index is 11.4. The zero-order valence-corrected chi connectivity index (χ0v) is 9.03. The maximum Gasteiger partial charge on any atom is 0.322 e. The van der Waals surface area contributed by atoms with Crippen molar-refractivity contribution in [1.29, 1.82) is 0 Å². The van der Waals surface area contributed by atoms with E-state index in [0.717, 1.165) is 12.5 Å². The monoisotopic (exact) mass is 197 g/mol. The Labute approximate surface area is 85.4 Å². The zero-order chi connectivity index (χ0) is 10.1. The van der Waals surface area contributed by atoms with Crippen molar-refractivity contribution in [3.8, 4) is 0 Å². The Kier molecular flexibility index (Phi) is 2.77. The summed E-state index contributed by atoms with van der Waals surface area (Å²) in [4.78, 5) is 13.8. The summed E-state index contributed by atoms with van der Waals surface area (Å²) in [5, 5.41) is 0. The number of hydrogen-bond acceptors (Lipinski definition) is 3. The minimum Gasteiger partial charge on any atom is -0.468 e. The predicted octanol–water partition coefficient (Wildman–Crippen LogP) is 1.42. The van der Waals surface area contributed by atoms with Crippen molar-refractivity contribution in [1.82, 2.24) is 4.90 Å². The molecule has 0 unspecified atom stereocenters. The van der Waals surface area contributed by atoms with Crippen LogP contribution in [0.1, 0.15) is 32.6 Å².